The molecule has 128 valence electrons. The number of likely N-dealkylation sites (N-methyl/N-ethyl adjacent to an activating group) is 2. The Morgan fingerprint density at radius 1 is 1.08 bits per heavy atom. The average molecular weight is 356 g/mol. The first-order chi connectivity index (χ1) is 12.0. The minimum atomic E-state index is -0.309. The van der Waals surface area contributed by atoms with Crippen molar-refractivity contribution in [2.45, 2.75) is 6.61 Å². The molecule has 1 aliphatic heterocycles. The number of hydrogen-bond acceptors (Lipinski definition) is 3. The summed E-state index contributed by atoms with van der Waals surface area (Å²) in [6.07, 6.45) is 1.73. The van der Waals surface area contributed by atoms with Crippen LogP contribution in [0.15, 0.2) is 54.2 Å². The van der Waals surface area contributed by atoms with Gasteiger partial charge in [-0.25, -0.2) is 4.39 Å². The van der Waals surface area contributed by atoms with E-state index in [1.165, 1.54) is 11.0 Å². The van der Waals surface area contributed by atoms with Gasteiger partial charge >= 0.3 is 0 Å². The Labute approximate surface area is 151 Å². The molecule has 1 aliphatic rings. The van der Waals surface area contributed by atoms with Crippen LogP contribution in [0.3, 0.4) is 0 Å². The molecule has 1 amide bonds. The van der Waals surface area contributed by atoms with Gasteiger partial charge in [0.2, 0.25) is 0 Å². The Morgan fingerprint density at radius 2 is 1.76 bits per heavy atom. The molecule has 2 aromatic rings. The summed E-state index contributed by atoms with van der Waals surface area (Å²) in [6.45, 7) is 0.106. The highest BCUT2D eigenvalue weighted by molar-refractivity contribution is 7.80. The fourth-order valence-electron chi connectivity index (χ4n) is 2.54. The molecule has 0 aliphatic carbocycles. The van der Waals surface area contributed by atoms with Gasteiger partial charge in [-0.3, -0.25) is 9.69 Å². The molecule has 25 heavy (non-hydrogen) atoms. The number of thiocarbonyl (C=S) groups is 1. The summed E-state index contributed by atoms with van der Waals surface area (Å²) < 4.78 is 19.5. The zero-order valence-electron chi connectivity index (χ0n) is 13.9. The Hall–Kier alpha value is -2.73. The topological polar surface area (TPSA) is 32.8 Å². The molecule has 3 rings (SSSR count). The van der Waals surface area contributed by atoms with Crippen molar-refractivity contribution >= 4 is 29.3 Å². The molecule has 4 nitrogen and oxygen atoms in total. The van der Waals surface area contributed by atoms with Crippen molar-refractivity contribution in [2.24, 2.45) is 0 Å². The standard InChI is InChI=1S/C19H17FN2O2S/c1-21-16(18(23)22(2)19(21)25)11-13-7-4-6-10-17(13)24-12-14-8-3-5-9-15(14)20/h3-11H,12H2,1-2H3/b16-11-. The fraction of sp³-hybridized carbons (Fsp3) is 0.158. The molecule has 0 radical (unpaired) electrons. The lowest BCUT2D eigenvalue weighted by atomic mass is 10.1. The predicted molar refractivity (Wildman–Crippen MR) is 98.3 cm³/mol. The van der Waals surface area contributed by atoms with Crippen molar-refractivity contribution in [1.82, 2.24) is 9.80 Å². The quantitative estimate of drug-likeness (QED) is 0.621. The second kappa shape index (κ2) is 7.03. The lowest BCUT2D eigenvalue weighted by molar-refractivity contribution is -0.121. The molecular formula is C19H17FN2O2S. The largest absolute Gasteiger partial charge is 0.488 e. The summed E-state index contributed by atoms with van der Waals surface area (Å²) in [5, 5.41) is 0.445. The lowest BCUT2D eigenvalue weighted by Gasteiger charge is -2.13. The van der Waals surface area contributed by atoms with Gasteiger partial charge in [-0.1, -0.05) is 36.4 Å². The normalized spacial score (nSPS) is 16.0. The van der Waals surface area contributed by atoms with E-state index in [0.717, 1.165) is 5.56 Å². The van der Waals surface area contributed by atoms with Crippen LogP contribution in [-0.4, -0.2) is 34.9 Å². The van der Waals surface area contributed by atoms with Crippen LogP contribution in [0, 0.1) is 5.82 Å². The van der Waals surface area contributed by atoms with Crippen LogP contribution in [0.25, 0.3) is 6.08 Å². The second-order valence-corrected chi connectivity index (χ2v) is 6.02. The van der Waals surface area contributed by atoms with Crippen LogP contribution < -0.4 is 4.74 Å². The summed E-state index contributed by atoms with van der Waals surface area (Å²) in [4.78, 5) is 15.4. The summed E-state index contributed by atoms with van der Waals surface area (Å²) in [5.74, 6) is 0.0901. The van der Waals surface area contributed by atoms with Gasteiger partial charge in [-0.15, -0.1) is 0 Å². The SMILES string of the molecule is CN1C(=O)/C(=C/c2ccccc2OCc2ccccc2F)N(C)C1=S. The van der Waals surface area contributed by atoms with Crippen LogP contribution in [0.4, 0.5) is 4.39 Å². The van der Waals surface area contributed by atoms with Gasteiger partial charge in [0.05, 0.1) is 0 Å². The van der Waals surface area contributed by atoms with E-state index in [-0.39, 0.29) is 18.3 Å². The molecule has 0 N–H and O–H groups in total. The molecular weight excluding hydrogens is 339 g/mol. The van der Waals surface area contributed by atoms with Crippen molar-refractivity contribution in [2.75, 3.05) is 14.1 Å². The second-order valence-electron chi connectivity index (χ2n) is 5.65. The molecule has 1 heterocycles. The van der Waals surface area contributed by atoms with Crippen molar-refractivity contribution in [3.63, 3.8) is 0 Å². The highest BCUT2D eigenvalue weighted by atomic mass is 32.1. The van der Waals surface area contributed by atoms with E-state index < -0.39 is 0 Å². The maximum absolute atomic E-state index is 13.7. The Bertz CT molecular complexity index is 866. The van der Waals surface area contributed by atoms with Crippen molar-refractivity contribution < 1.29 is 13.9 Å². The monoisotopic (exact) mass is 356 g/mol. The summed E-state index contributed by atoms with van der Waals surface area (Å²) in [6, 6.07) is 13.8. The molecule has 0 atom stereocenters. The van der Waals surface area contributed by atoms with Crippen molar-refractivity contribution in [1.29, 1.82) is 0 Å². The van der Waals surface area contributed by atoms with E-state index >= 15 is 0 Å². The van der Waals surface area contributed by atoms with Gasteiger partial charge < -0.3 is 9.64 Å². The molecule has 6 heteroatoms. The number of ether oxygens (including phenoxy) is 1. The van der Waals surface area contributed by atoms with Gasteiger partial charge in [0.1, 0.15) is 23.9 Å². The third-order valence-electron chi connectivity index (χ3n) is 4.01. The number of carbonyl (C=O) groups excluding carboxylic acids is 1. The number of halogens is 1. The highest BCUT2D eigenvalue weighted by Crippen LogP contribution is 2.26. The highest BCUT2D eigenvalue weighted by Gasteiger charge is 2.32. The third kappa shape index (κ3) is 3.39. The Morgan fingerprint density at radius 3 is 2.44 bits per heavy atom. The van der Waals surface area contributed by atoms with E-state index in [1.54, 1.807) is 49.3 Å². The van der Waals surface area contributed by atoms with E-state index in [4.69, 9.17) is 17.0 Å². The first-order valence-electron chi connectivity index (χ1n) is 7.71. The number of benzene rings is 2. The van der Waals surface area contributed by atoms with Gasteiger partial charge in [0.25, 0.3) is 5.91 Å². The fourth-order valence-corrected chi connectivity index (χ4v) is 2.72. The van der Waals surface area contributed by atoms with Crippen LogP contribution in [0.5, 0.6) is 5.75 Å². The summed E-state index contributed by atoms with van der Waals surface area (Å²) in [7, 11) is 3.39. The van der Waals surface area contributed by atoms with Crippen molar-refractivity contribution in [3.05, 3.63) is 71.2 Å². The summed E-state index contributed by atoms with van der Waals surface area (Å²) >= 11 is 5.21. The van der Waals surface area contributed by atoms with E-state index in [9.17, 15) is 9.18 Å². The summed E-state index contributed by atoms with van der Waals surface area (Å²) in [5.41, 5.74) is 1.67. The Balaban J connectivity index is 1.87. The molecule has 1 fully saturated rings. The number of para-hydroxylation sites is 1. The first kappa shape index (κ1) is 17.1. The average Bonchev–Trinajstić information content (AvgIpc) is 2.80. The molecule has 0 aromatic heterocycles. The van der Waals surface area contributed by atoms with Crippen LogP contribution in [0.1, 0.15) is 11.1 Å². The maximum atomic E-state index is 13.7. The number of carbonyl (C=O) groups is 1. The van der Waals surface area contributed by atoms with Crippen LogP contribution in [0.2, 0.25) is 0 Å². The number of amides is 1. The van der Waals surface area contributed by atoms with Gasteiger partial charge in [-0.05, 0) is 30.4 Å². The molecule has 2 aromatic carbocycles. The number of rotatable bonds is 4. The molecule has 0 saturated carbocycles. The van der Waals surface area contributed by atoms with E-state index in [0.29, 0.717) is 22.1 Å². The minimum absolute atomic E-state index is 0.106. The van der Waals surface area contributed by atoms with Crippen LogP contribution >= 0.6 is 12.2 Å². The molecule has 1 saturated heterocycles. The first-order valence-corrected chi connectivity index (χ1v) is 8.12. The van der Waals surface area contributed by atoms with Gasteiger partial charge in [0, 0.05) is 25.2 Å². The maximum Gasteiger partial charge on any atom is 0.276 e. The zero-order chi connectivity index (χ0) is 18.0. The predicted octanol–water partition coefficient (Wildman–Crippen LogP) is 3.43. The van der Waals surface area contributed by atoms with Crippen LogP contribution in [-0.2, 0) is 11.4 Å². The third-order valence-corrected chi connectivity index (χ3v) is 4.56. The Kier molecular flexibility index (Phi) is 4.81. The van der Waals surface area contributed by atoms with Gasteiger partial charge in [-0.2, -0.15) is 0 Å². The van der Waals surface area contributed by atoms with Crippen molar-refractivity contribution in [3.8, 4) is 5.75 Å². The van der Waals surface area contributed by atoms with E-state index in [1.807, 2.05) is 18.2 Å². The minimum Gasteiger partial charge on any atom is -0.488 e. The number of hydrogen-bond donors (Lipinski definition) is 0. The van der Waals surface area contributed by atoms with Gasteiger partial charge in [0.15, 0.2) is 5.11 Å². The molecule has 0 spiro atoms. The smallest absolute Gasteiger partial charge is 0.276 e. The van der Waals surface area contributed by atoms with E-state index in [2.05, 4.69) is 0 Å². The number of nitrogens with zero attached hydrogens (tertiary/aromatic N) is 2. The lowest BCUT2D eigenvalue weighted by Crippen LogP contribution is -2.26. The zero-order valence-corrected chi connectivity index (χ0v) is 14.7. The molecule has 0 unspecified atom stereocenters. The molecule has 0 bridgehead atoms.